The third-order valence-corrected chi connectivity index (χ3v) is 4.39. The van der Waals surface area contributed by atoms with Crippen LogP contribution in [0.2, 0.25) is 0 Å². The summed E-state index contributed by atoms with van der Waals surface area (Å²) in [4.78, 5) is 11.8. The lowest BCUT2D eigenvalue weighted by atomic mass is 9.87. The van der Waals surface area contributed by atoms with Crippen molar-refractivity contribution in [1.82, 2.24) is 5.32 Å². The zero-order valence-corrected chi connectivity index (χ0v) is 11.4. The predicted octanol–water partition coefficient (Wildman–Crippen LogP) is 1.76. The van der Waals surface area contributed by atoms with Gasteiger partial charge in [-0.2, -0.15) is 11.8 Å². The van der Waals surface area contributed by atoms with Crippen LogP contribution in [0.25, 0.3) is 0 Å². The molecule has 0 bridgehead atoms. The first-order valence-corrected chi connectivity index (χ1v) is 7.11. The largest absolute Gasteiger partial charge is 0.354 e. The molecule has 0 spiro atoms. The second-order valence-corrected chi connectivity index (χ2v) is 6.99. The van der Waals surface area contributed by atoms with Gasteiger partial charge >= 0.3 is 0 Å². The highest BCUT2D eigenvalue weighted by Crippen LogP contribution is 2.24. The van der Waals surface area contributed by atoms with E-state index in [1.54, 1.807) is 0 Å². The molecule has 0 aromatic carbocycles. The Morgan fingerprint density at radius 2 is 2.19 bits per heavy atom. The summed E-state index contributed by atoms with van der Waals surface area (Å²) in [6.07, 6.45) is 3.82. The molecule has 3 N–H and O–H groups in total. The summed E-state index contributed by atoms with van der Waals surface area (Å²) in [6, 6.07) is -0.416. The van der Waals surface area contributed by atoms with Gasteiger partial charge in [-0.3, -0.25) is 4.79 Å². The van der Waals surface area contributed by atoms with Crippen LogP contribution in [0.1, 0.15) is 40.0 Å². The lowest BCUT2D eigenvalue weighted by molar-refractivity contribution is -0.124. The second-order valence-electron chi connectivity index (χ2n) is 5.58. The lowest BCUT2D eigenvalue weighted by Crippen LogP contribution is -2.49. The Bertz CT molecular complexity index is 232. The first kappa shape index (κ1) is 13.8. The molecule has 1 amide bonds. The Hall–Kier alpha value is -0.220. The summed E-state index contributed by atoms with van der Waals surface area (Å²) in [7, 11) is 0. The summed E-state index contributed by atoms with van der Waals surface area (Å²) in [6.45, 7) is 6.75. The minimum absolute atomic E-state index is 0.0151. The number of amides is 1. The Morgan fingerprint density at radius 3 is 2.69 bits per heavy atom. The van der Waals surface area contributed by atoms with Gasteiger partial charge in [0, 0.05) is 11.8 Å². The number of carbonyl (C=O) groups is 1. The SMILES string of the molecule is CC(C)(C)C(N)C(=O)NCC1CCCCS1. The zero-order chi connectivity index (χ0) is 12.2. The van der Waals surface area contributed by atoms with E-state index in [0.29, 0.717) is 5.25 Å². The summed E-state index contributed by atoms with van der Waals surface area (Å²) in [5.74, 6) is 1.21. The zero-order valence-electron chi connectivity index (χ0n) is 10.6. The molecule has 0 aliphatic carbocycles. The van der Waals surface area contributed by atoms with Crippen molar-refractivity contribution >= 4 is 17.7 Å². The van der Waals surface area contributed by atoms with Crippen LogP contribution in [-0.2, 0) is 4.79 Å². The molecule has 1 saturated heterocycles. The minimum Gasteiger partial charge on any atom is -0.354 e. The van der Waals surface area contributed by atoms with Gasteiger partial charge in [0.05, 0.1) is 6.04 Å². The van der Waals surface area contributed by atoms with Gasteiger partial charge in [-0.25, -0.2) is 0 Å². The van der Waals surface area contributed by atoms with E-state index in [4.69, 9.17) is 5.73 Å². The maximum absolute atomic E-state index is 11.8. The normalized spacial score (nSPS) is 23.9. The number of rotatable bonds is 3. The third kappa shape index (κ3) is 4.34. The standard InChI is InChI=1S/C12H24N2OS/c1-12(2,3)10(13)11(15)14-8-9-6-4-5-7-16-9/h9-10H,4-8,13H2,1-3H3,(H,14,15). The number of hydrogen-bond donors (Lipinski definition) is 2. The Kier molecular flexibility index (Phi) is 5.12. The van der Waals surface area contributed by atoms with E-state index in [0.717, 1.165) is 6.54 Å². The number of hydrogen-bond acceptors (Lipinski definition) is 3. The van der Waals surface area contributed by atoms with Crippen LogP contribution in [0.5, 0.6) is 0 Å². The van der Waals surface area contributed by atoms with Gasteiger partial charge in [-0.05, 0) is 24.0 Å². The van der Waals surface area contributed by atoms with Crippen LogP contribution in [0.4, 0.5) is 0 Å². The molecule has 4 heteroatoms. The monoisotopic (exact) mass is 244 g/mol. The summed E-state index contributed by atoms with van der Waals surface area (Å²) < 4.78 is 0. The van der Waals surface area contributed by atoms with Crippen molar-refractivity contribution in [1.29, 1.82) is 0 Å². The van der Waals surface area contributed by atoms with Crippen LogP contribution in [0.3, 0.4) is 0 Å². The number of carbonyl (C=O) groups excluding carboxylic acids is 1. The molecule has 16 heavy (non-hydrogen) atoms. The fraction of sp³-hybridized carbons (Fsp3) is 0.917. The van der Waals surface area contributed by atoms with Crippen molar-refractivity contribution in [2.45, 2.75) is 51.3 Å². The van der Waals surface area contributed by atoms with Gasteiger partial charge in [0.1, 0.15) is 0 Å². The maximum atomic E-state index is 11.8. The van der Waals surface area contributed by atoms with Gasteiger partial charge in [-0.1, -0.05) is 27.2 Å². The van der Waals surface area contributed by atoms with Crippen molar-refractivity contribution in [3.63, 3.8) is 0 Å². The van der Waals surface area contributed by atoms with Crippen molar-refractivity contribution in [2.75, 3.05) is 12.3 Å². The molecule has 3 nitrogen and oxygen atoms in total. The maximum Gasteiger partial charge on any atom is 0.237 e. The molecule has 94 valence electrons. The predicted molar refractivity (Wildman–Crippen MR) is 70.5 cm³/mol. The summed E-state index contributed by atoms with van der Waals surface area (Å²) in [5, 5.41) is 3.56. The van der Waals surface area contributed by atoms with Gasteiger partial charge in [-0.15, -0.1) is 0 Å². The second kappa shape index (κ2) is 5.92. The van der Waals surface area contributed by atoms with Crippen molar-refractivity contribution in [2.24, 2.45) is 11.1 Å². The molecular formula is C12H24N2OS. The molecule has 0 saturated carbocycles. The van der Waals surface area contributed by atoms with E-state index in [1.165, 1.54) is 25.0 Å². The van der Waals surface area contributed by atoms with Gasteiger partial charge in [0.25, 0.3) is 0 Å². The lowest BCUT2D eigenvalue weighted by Gasteiger charge is -2.27. The van der Waals surface area contributed by atoms with E-state index < -0.39 is 6.04 Å². The molecule has 1 rings (SSSR count). The molecule has 2 atom stereocenters. The average molecular weight is 244 g/mol. The van der Waals surface area contributed by atoms with E-state index in [9.17, 15) is 4.79 Å². The van der Waals surface area contributed by atoms with Crippen molar-refractivity contribution in [3.05, 3.63) is 0 Å². The smallest absolute Gasteiger partial charge is 0.237 e. The summed E-state index contributed by atoms with van der Waals surface area (Å²) in [5.41, 5.74) is 5.73. The fourth-order valence-corrected chi connectivity index (χ4v) is 2.92. The number of nitrogens with one attached hydrogen (secondary N) is 1. The third-order valence-electron chi connectivity index (χ3n) is 2.99. The fourth-order valence-electron chi connectivity index (χ4n) is 1.69. The highest BCUT2D eigenvalue weighted by molar-refractivity contribution is 7.99. The Labute approximate surface area is 103 Å². The van der Waals surface area contributed by atoms with Crippen LogP contribution >= 0.6 is 11.8 Å². The first-order valence-electron chi connectivity index (χ1n) is 6.06. The number of nitrogens with two attached hydrogens (primary N) is 1. The molecule has 0 aromatic heterocycles. The van der Waals surface area contributed by atoms with E-state index in [-0.39, 0.29) is 11.3 Å². The van der Waals surface area contributed by atoms with Gasteiger partial charge in [0.2, 0.25) is 5.91 Å². The quantitative estimate of drug-likeness (QED) is 0.795. The van der Waals surface area contributed by atoms with E-state index >= 15 is 0 Å². The van der Waals surface area contributed by atoms with Gasteiger partial charge < -0.3 is 11.1 Å². The summed E-state index contributed by atoms with van der Waals surface area (Å²) >= 11 is 1.97. The van der Waals surface area contributed by atoms with Crippen LogP contribution in [0, 0.1) is 5.41 Å². The topological polar surface area (TPSA) is 55.1 Å². The average Bonchev–Trinajstić information content (AvgIpc) is 2.25. The van der Waals surface area contributed by atoms with Crippen molar-refractivity contribution < 1.29 is 4.79 Å². The first-order chi connectivity index (χ1) is 7.41. The molecule has 2 unspecified atom stereocenters. The molecule has 1 fully saturated rings. The Balaban J connectivity index is 2.29. The molecule has 0 aromatic rings. The molecular weight excluding hydrogens is 220 g/mol. The van der Waals surface area contributed by atoms with Gasteiger partial charge in [0.15, 0.2) is 0 Å². The highest BCUT2D eigenvalue weighted by Gasteiger charge is 2.27. The van der Waals surface area contributed by atoms with E-state index in [1.807, 2.05) is 32.5 Å². The number of thioether (sulfide) groups is 1. The minimum atomic E-state index is -0.416. The van der Waals surface area contributed by atoms with Crippen molar-refractivity contribution in [3.8, 4) is 0 Å². The molecule has 1 aliphatic heterocycles. The molecule has 0 radical (unpaired) electrons. The molecule has 1 aliphatic rings. The molecule has 1 heterocycles. The Morgan fingerprint density at radius 1 is 1.50 bits per heavy atom. The van der Waals surface area contributed by atoms with E-state index in [2.05, 4.69) is 5.32 Å². The van der Waals surface area contributed by atoms with Crippen LogP contribution < -0.4 is 11.1 Å². The van der Waals surface area contributed by atoms with Crippen LogP contribution in [0.15, 0.2) is 0 Å². The van der Waals surface area contributed by atoms with Crippen LogP contribution in [-0.4, -0.2) is 29.5 Å². The highest BCUT2D eigenvalue weighted by atomic mass is 32.2.